The van der Waals surface area contributed by atoms with Gasteiger partial charge in [0.05, 0.1) is 0 Å². The second-order valence-electron chi connectivity index (χ2n) is 5.41. The van der Waals surface area contributed by atoms with E-state index in [1.54, 1.807) is 0 Å². The van der Waals surface area contributed by atoms with Crippen molar-refractivity contribution in [1.82, 2.24) is 9.97 Å². The average Bonchev–Trinajstić information content (AvgIpc) is 2.93. The first-order valence-electron chi connectivity index (χ1n) is 7.16. The summed E-state index contributed by atoms with van der Waals surface area (Å²) in [5.74, 6) is 1.50. The Balaban J connectivity index is 2.10. The first kappa shape index (κ1) is 12.8. The normalized spacial score (nSPS) is 11.2. The highest BCUT2D eigenvalue weighted by Crippen LogP contribution is 2.33. The molecule has 0 aliphatic rings. The van der Waals surface area contributed by atoms with Crippen LogP contribution in [0.15, 0.2) is 59.0 Å². The Morgan fingerprint density at radius 3 is 2.36 bits per heavy atom. The Labute approximate surface area is 128 Å². The molecule has 4 aromatic rings. The first-order chi connectivity index (χ1) is 10.7. The summed E-state index contributed by atoms with van der Waals surface area (Å²) in [4.78, 5) is 11.4. The molecule has 2 aromatic heterocycles. The van der Waals surface area contributed by atoms with Gasteiger partial charge in [-0.2, -0.15) is 0 Å². The summed E-state index contributed by atoms with van der Waals surface area (Å²) >= 11 is 0. The third-order valence-corrected chi connectivity index (χ3v) is 3.66. The Hall–Kier alpha value is -2.88. The Bertz CT molecular complexity index is 958. The van der Waals surface area contributed by atoms with Crippen molar-refractivity contribution in [3.05, 3.63) is 54.6 Å². The summed E-state index contributed by atoms with van der Waals surface area (Å²) in [6.45, 7) is 0. The van der Waals surface area contributed by atoms with Gasteiger partial charge in [-0.05, 0) is 12.1 Å². The van der Waals surface area contributed by atoms with E-state index in [0.717, 1.165) is 33.5 Å². The SMILES string of the molecule is CN(C)c1nc(-c2ccccc2)nc2c1oc1ccccc12. The maximum absolute atomic E-state index is 5.97. The lowest BCUT2D eigenvalue weighted by Crippen LogP contribution is -2.11. The van der Waals surface area contributed by atoms with E-state index in [1.807, 2.05) is 73.6 Å². The fourth-order valence-corrected chi connectivity index (χ4v) is 2.60. The molecule has 4 heteroatoms. The van der Waals surface area contributed by atoms with Crippen LogP contribution in [0.4, 0.5) is 5.82 Å². The largest absolute Gasteiger partial charge is 0.450 e. The topological polar surface area (TPSA) is 42.2 Å². The van der Waals surface area contributed by atoms with E-state index in [1.165, 1.54) is 0 Å². The number of benzene rings is 2. The number of furan rings is 1. The van der Waals surface area contributed by atoms with Crippen molar-refractivity contribution >= 4 is 27.9 Å². The van der Waals surface area contributed by atoms with Gasteiger partial charge in [0.2, 0.25) is 0 Å². The van der Waals surface area contributed by atoms with Crippen LogP contribution in [0.5, 0.6) is 0 Å². The van der Waals surface area contributed by atoms with Crippen molar-refractivity contribution < 1.29 is 4.42 Å². The van der Waals surface area contributed by atoms with E-state index in [0.29, 0.717) is 5.82 Å². The minimum absolute atomic E-state index is 0.711. The molecule has 0 radical (unpaired) electrons. The van der Waals surface area contributed by atoms with Crippen LogP contribution in [0.25, 0.3) is 33.5 Å². The van der Waals surface area contributed by atoms with Gasteiger partial charge in [0.1, 0.15) is 11.1 Å². The molecular formula is C18H15N3O. The number of fused-ring (bicyclic) bond motifs is 3. The molecule has 2 aromatic carbocycles. The van der Waals surface area contributed by atoms with Crippen molar-refractivity contribution in [3.63, 3.8) is 0 Å². The van der Waals surface area contributed by atoms with Gasteiger partial charge >= 0.3 is 0 Å². The minimum Gasteiger partial charge on any atom is -0.450 e. The molecule has 4 rings (SSSR count). The lowest BCUT2D eigenvalue weighted by Gasteiger charge is -2.12. The monoisotopic (exact) mass is 289 g/mol. The highest BCUT2D eigenvalue weighted by Gasteiger charge is 2.17. The zero-order valence-corrected chi connectivity index (χ0v) is 12.4. The van der Waals surface area contributed by atoms with Crippen LogP contribution < -0.4 is 4.90 Å². The summed E-state index contributed by atoms with van der Waals surface area (Å²) in [5, 5.41) is 1.01. The number of hydrogen-bond acceptors (Lipinski definition) is 4. The summed E-state index contributed by atoms with van der Waals surface area (Å²) in [6, 6.07) is 18.0. The second-order valence-corrected chi connectivity index (χ2v) is 5.41. The van der Waals surface area contributed by atoms with Gasteiger partial charge < -0.3 is 9.32 Å². The Morgan fingerprint density at radius 2 is 1.59 bits per heavy atom. The minimum atomic E-state index is 0.711. The highest BCUT2D eigenvalue weighted by molar-refractivity contribution is 6.06. The molecule has 22 heavy (non-hydrogen) atoms. The molecule has 0 aliphatic heterocycles. The number of para-hydroxylation sites is 1. The smallest absolute Gasteiger partial charge is 0.196 e. The van der Waals surface area contributed by atoms with E-state index in [2.05, 4.69) is 4.98 Å². The van der Waals surface area contributed by atoms with Crippen molar-refractivity contribution in [1.29, 1.82) is 0 Å². The first-order valence-corrected chi connectivity index (χ1v) is 7.16. The van der Waals surface area contributed by atoms with Gasteiger partial charge in [-0.15, -0.1) is 0 Å². The molecular weight excluding hydrogens is 274 g/mol. The maximum Gasteiger partial charge on any atom is 0.196 e. The summed E-state index contributed by atoms with van der Waals surface area (Å²) in [6.07, 6.45) is 0. The maximum atomic E-state index is 5.97. The van der Waals surface area contributed by atoms with Gasteiger partial charge in [0.25, 0.3) is 0 Å². The number of aromatic nitrogens is 2. The molecule has 0 bridgehead atoms. The van der Waals surface area contributed by atoms with Crippen LogP contribution in [0.1, 0.15) is 0 Å². The summed E-state index contributed by atoms with van der Waals surface area (Å²) in [5.41, 5.74) is 3.41. The molecule has 4 nitrogen and oxygen atoms in total. The van der Waals surface area contributed by atoms with E-state index in [-0.39, 0.29) is 0 Å². The van der Waals surface area contributed by atoms with Crippen LogP contribution in [-0.4, -0.2) is 24.1 Å². The average molecular weight is 289 g/mol. The lowest BCUT2D eigenvalue weighted by atomic mass is 10.2. The highest BCUT2D eigenvalue weighted by atomic mass is 16.3. The zero-order valence-electron chi connectivity index (χ0n) is 12.4. The van der Waals surface area contributed by atoms with Crippen LogP contribution in [0, 0.1) is 0 Å². The van der Waals surface area contributed by atoms with E-state index < -0.39 is 0 Å². The predicted octanol–water partition coefficient (Wildman–Crippen LogP) is 4.11. The van der Waals surface area contributed by atoms with Gasteiger partial charge in [0, 0.05) is 25.0 Å². The fraction of sp³-hybridized carbons (Fsp3) is 0.111. The van der Waals surface area contributed by atoms with Crippen molar-refractivity contribution in [2.24, 2.45) is 0 Å². The molecule has 0 atom stereocenters. The lowest BCUT2D eigenvalue weighted by molar-refractivity contribution is 0.665. The number of hydrogen-bond donors (Lipinski definition) is 0. The second kappa shape index (κ2) is 4.84. The van der Waals surface area contributed by atoms with Gasteiger partial charge in [0.15, 0.2) is 17.2 Å². The third kappa shape index (κ3) is 1.92. The van der Waals surface area contributed by atoms with Crippen LogP contribution in [0.3, 0.4) is 0 Å². The number of nitrogens with zero attached hydrogens (tertiary/aromatic N) is 3. The van der Waals surface area contributed by atoms with Gasteiger partial charge in [-0.1, -0.05) is 42.5 Å². The molecule has 0 N–H and O–H groups in total. The van der Waals surface area contributed by atoms with Crippen LogP contribution in [-0.2, 0) is 0 Å². The number of rotatable bonds is 2. The van der Waals surface area contributed by atoms with Crippen LogP contribution in [0.2, 0.25) is 0 Å². The molecule has 0 fully saturated rings. The molecule has 0 spiro atoms. The summed E-state index contributed by atoms with van der Waals surface area (Å²) in [7, 11) is 3.92. The van der Waals surface area contributed by atoms with Crippen molar-refractivity contribution in [2.45, 2.75) is 0 Å². The van der Waals surface area contributed by atoms with Gasteiger partial charge in [-0.25, -0.2) is 9.97 Å². The van der Waals surface area contributed by atoms with Crippen molar-refractivity contribution in [2.75, 3.05) is 19.0 Å². The fourth-order valence-electron chi connectivity index (χ4n) is 2.60. The third-order valence-electron chi connectivity index (χ3n) is 3.66. The zero-order chi connectivity index (χ0) is 15.1. The molecule has 0 amide bonds. The quantitative estimate of drug-likeness (QED) is 0.557. The molecule has 0 unspecified atom stereocenters. The molecule has 0 saturated heterocycles. The van der Waals surface area contributed by atoms with Crippen LogP contribution >= 0.6 is 0 Å². The predicted molar refractivity (Wildman–Crippen MR) is 89.1 cm³/mol. The molecule has 2 heterocycles. The van der Waals surface area contributed by atoms with Crippen molar-refractivity contribution in [3.8, 4) is 11.4 Å². The molecule has 0 saturated carbocycles. The molecule has 0 aliphatic carbocycles. The Kier molecular flexibility index (Phi) is 2.82. The van der Waals surface area contributed by atoms with E-state index in [9.17, 15) is 0 Å². The van der Waals surface area contributed by atoms with E-state index >= 15 is 0 Å². The number of anilines is 1. The standard InChI is InChI=1S/C18H15N3O/c1-21(2)18-16-15(13-10-6-7-11-14(13)22-16)19-17(20-18)12-8-4-3-5-9-12/h3-11H,1-2H3. The molecule has 108 valence electrons. The van der Waals surface area contributed by atoms with E-state index in [4.69, 9.17) is 9.40 Å². The van der Waals surface area contributed by atoms with Gasteiger partial charge in [-0.3, -0.25) is 0 Å². The Morgan fingerprint density at radius 1 is 0.864 bits per heavy atom. The summed E-state index contributed by atoms with van der Waals surface area (Å²) < 4.78 is 5.97.